The summed E-state index contributed by atoms with van der Waals surface area (Å²) in [5.74, 6) is -1.31. The van der Waals surface area contributed by atoms with E-state index < -0.39 is 29.0 Å². The van der Waals surface area contributed by atoms with Crippen molar-refractivity contribution in [3.63, 3.8) is 0 Å². The molecule has 0 bridgehead atoms. The number of hydrogen-bond donors (Lipinski definition) is 0. The molecular weight excluding hydrogens is 493 g/mol. The van der Waals surface area contributed by atoms with Crippen molar-refractivity contribution in [2.45, 2.75) is 32.9 Å². The second-order valence-corrected chi connectivity index (χ2v) is 9.28. The fourth-order valence-electron chi connectivity index (χ4n) is 3.83. The van der Waals surface area contributed by atoms with E-state index in [-0.39, 0.29) is 23.6 Å². The number of benzene rings is 3. The van der Waals surface area contributed by atoms with Crippen LogP contribution >= 0.6 is 0 Å². The van der Waals surface area contributed by atoms with E-state index in [1.807, 2.05) is 30.3 Å². The van der Waals surface area contributed by atoms with Gasteiger partial charge in [-0.2, -0.15) is 4.68 Å². The van der Waals surface area contributed by atoms with Crippen molar-refractivity contribution in [3.05, 3.63) is 100 Å². The van der Waals surface area contributed by atoms with Crippen molar-refractivity contribution in [2.75, 3.05) is 12.0 Å². The minimum atomic E-state index is -0.994. The molecule has 1 amide bonds. The second-order valence-electron chi connectivity index (χ2n) is 9.28. The molecule has 0 fully saturated rings. The Morgan fingerprint density at radius 3 is 2.37 bits per heavy atom. The first-order valence-electron chi connectivity index (χ1n) is 11.7. The van der Waals surface area contributed by atoms with Gasteiger partial charge in [0.2, 0.25) is 0 Å². The Kier molecular flexibility index (Phi) is 7.38. The highest BCUT2D eigenvalue weighted by Gasteiger charge is 2.33. The quantitative estimate of drug-likeness (QED) is 0.277. The smallest absolute Gasteiger partial charge is 0.377 e. The molecule has 11 heteroatoms. The van der Waals surface area contributed by atoms with Gasteiger partial charge in [-0.05, 0) is 67.1 Å². The Morgan fingerprint density at radius 2 is 1.68 bits per heavy atom. The molecule has 0 saturated heterocycles. The predicted octanol–water partition coefficient (Wildman–Crippen LogP) is 4.21. The first kappa shape index (κ1) is 26.3. The molecule has 4 rings (SSSR count). The van der Waals surface area contributed by atoms with Crippen LogP contribution in [-0.4, -0.2) is 44.4 Å². The summed E-state index contributed by atoms with van der Waals surface area (Å²) in [7, 11) is 1.32. The number of tetrazole rings is 1. The fraction of sp³-hybridized carbons (Fsp3) is 0.222. The standard InChI is InChI=1S/C27H26FN5O5/c1-27(2,3)31(20-13-8-12-19(16-20)24(34)38-17-18-10-6-5-7-11-18)25(35)33-26(36)32(29-30-33)23-21(28)14-9-15-22(23)37-4/h5-16H,17H2,1-4H3. The van der Waals surface area contributed by atoms with Crippen molar-refractivity contribution in [1.29, 1.82) is 0 Å². The topological polar surface area (TPSA) is 109 Å². The number of esters is 1. The molecular formula is C27H26FN5O5. The molecule has 0 saturated carbocycles. The zero-order valence-electron chi connectivity index (χ0n) is 21.3. The van der Waals surface area contributed by atoms with Crippen molar-refractivity contribution >= 4 is 17.7 Å². The molecule has 0 aliphatic rings. The maximum Gasteiger partial charge on any atom is 0.377 e. The Labute approximate surface area is 217 Å². The Balaban J connectivity index is 1.66. The Bertz CT molecular complexity index is 1520. The lowest BCUT2D eigenvalue weighted by atomic mass is 10.0. The van der Waals surface area contributed by atoms with Crippen LogP contribution in [0.4, 0.5) is 14.9 Å². The van der Waals surface area contributed by atoms with E-state index in [9.17, 15) is 18.8 Å². The molecule has 0 radical (unpaired) electrons. The molecule has 0 spiro atoms. The van der Waals surface area contributed by atoms with Gasteiger partial charge in [-0.25, -0.2) is 18.8 Å². The van der Waals surface area contributed by atoms with Crippen LogP contribution in [0.2, 0.25) is 0 Å². The number of aromatic nitrogens is 4. The van der Waals surface area contributed by atoms with Crippen LogP contribution in [-0.2, 0) is 11.3 Å². The molecule has 196 valence electrons. The summed E-state index contributed by atoms with van der Waals surface area (Å²) in [6, 6.07) is 18.7. The molecule has 0 aliphatic carbocycles. The number of hydrogen-bond acceptors (Lipinski definition) is 7. The van der Waals surface area contributed by atoms with Gasteiger partial charge in [-0.1, -0.05) is 42.5 Å². The summed E-state index contributed by atoms with van der Waals surface area (Å²) in [6.45, 7) is 5.34. The van der Waals surface area contributed by atoms with Crippen LogP contribution in [0.3, 0.4) is 0 Å². The number of para-hydroxylation sites is 1. The van der Waals surface area contributed by atoms with Crippen molar-refractivity contribution in [1.82, 2.24) is 19.8 Å². The molecule has 0 unspecified atom stereocenters. The van der Waals surface area contributed by atoms with Gasteiger partial charge >= 0.3 is 17.7 Å². The highest BCUT2D eigenvalue weighted by molar-refractivity contribution is 5.96. The lowest BCUT2D eigenvalue weighted by molar-refractivity contribution is 0.0472. The maximum atomic E-state index is 14.6. The summed E-state index contributed by atoms with van der Waals surface area (Å²) >= 11 is 0. The van der Waals surface area contributed by atoms with Crippen LogP contribution in [0.5, 0.6) is 5.75 Å². The van der Waals surface area contributed by atoms with Gasteiger partial charge in [-0.15, -0.1) is 4.68 Å². The van der Waals surface area contributed by atoms with Crippen LogP contribution in [0.15, 0.2) is 77.6 Å². The number of carbonyl (C=O) groups is 2. The largest absolute Gasteiger partial charge is 0.494 e. The number of methoxy groups -OCH3 is 1. The average Bonchev–Trinajstić information content (AvgIpc) is 3.27. The third kappa shape index (κ3) is 5.31. The van der Waals surface area contributed by atoms with Crippen LogP contribution in [0.1, 0.15) is 36.7 Å². The van der Waals surface area contributed by atoms with Gasteiger partial charge in [-0.3, -0.25) is 4.90 Å². The van der Waals surface area contributed by atoms with Gasteiger partial charge in [0, 0.05) is 11.2 Å². The first-order chi connectivity index (χ1) is 18.1. The van der Waals surface area contributed by atoms with Gasteiger partial charge in [0.1, 0.15) is 18.0 Å². The monoisotopic (exact) mass is 519 g/mol. The minimum Gasteiger partial charge on any atom is -0.494 e. The van der Waals surface area contributed by atoms with Gasteiger partial charge < -0.3 is 9.47 Å². The molecule has 3 aromatic carbocycles. The van der Waals surface area contributed by atoms with E-state index >= 15 is 0 Å². The number of amides is 1. The molecule has 1 aromatic heterocycles. The lowest BCUT2D eigenvalue weighted by Gasteiger charge is -2.34. The minimum absolute atomic E-state index is 0.0426. The summed E-state index contributed by atoms with van der Waals surface area (Å²) in [6.07, 6.45) is 0. The molecule has 1 heterocycles. The molecule has 0 aliphatic heterocycles. The van der Waals surface area contributed by atoms with E-state index in [1.54, 1.807) is 39.0 Å². The van der Waals surface area contributed by atoms with Crippen molar-refractivity contribution in [3.8, 4) is 11.4 Å². The molecule has 4 aromatic rings. The lowest BCUT2D eigenvalue weighted by Crippen LogP contribution is -2.50. The fourth-order valence-corrected chi connectivity index (χ4v) is 3.83. The number of halogens is 1. The zero-order valence-corrected chi connectivity index (χ0v) is 21.3. The van der Waals surface area contributed by atoms with E-state index in [0.717, 1.165) is 11.6 Å². The molecule has 0 atom stereocenters. The predicted molar refractivity (Wildman–Crippen MR) is 137 cm³/mol. The zero-order chi connectivity index (χ0) is 27.4. The van der Waals surface area contributed by atoms with E-state index in [4.69, 9.17) is 9.47 Å². The summed E-state index contributed by atoms with van der Waals surface area (Å²) in [4.78, 5) is 40.8. The molecule has 38 heavy (non-hydrogen) atoms. The van der Waals surface area contributed by atoms with E-state index in [1.165, 1.54) is 30.2 Å². The number of ether oxygens (including phenoxy) is 2. The van der Waals surface area contributed by atoms with Crippen LogP contribution < -0.4 is 15.3 Å². The number of carbonyl (C=O) groups excluding carboxylic acids is 2. The first-order valence-corrected chi connectivity index (χ1v) is 11.7. The van der Waals surface area contributed by atoms with Crippen molar-refractivity contribution < 1.29 is 23.5 Å². The molecule has 0 N–H and O–H groups in total. The number of nitrogens with zero attached hydrogens (tertiary/aromatic N) is 5. The van der Waals surface area contributed by atoms with Gasteiger partial charge in [0.05, 0.1) is 12.7 Å². The normalized spacial score (nSPS) is 11.2. The Hall–Kier alpha value is -4.80. The van der Waals surface area contributed by atoms with Gasteiger partial charge in [0.15, 0.2) is 5.82 Å². The second kappa shape index (κ2) is 10.7. The number of anilines is 1. The summed E-state index contributed by atoms with van der Waals surface area (Å²) < 4.78 is 26.3. The van der Waals surface area contributed by atoms with E-state index in [2.05, 4.69) is 10.4 Å². The van der Waals surface area contributed by atoms with E-state index in [0.29, 0.717) is 15.1 Å². The third-order valence-corrected chi connectivity index (χ3v) is 5.56. The van der Waals surface area contributed by atoms with Crippen molar-refractivity contribution in [2.24, 2.45) is 0 Å². The third-order valence-electron chi connectivity index (χ3n) is 5.56. The van der Waals surface area contributed by atoms with Gasteiger partial charge in [0.25, 0.3) is 0 Å². The maximum absolute atomic E-state index is 14.6. The molecule has 10 nitrogen and oxygen atoms in total. The van der Waals surface area contributed by atoms with Crippen LogP contribution in [0, 0.1) is 5.82 Å². The SMILES string of the molecule is COc1cccc(F)c1-n1nnn(C(=O)N(c2cccc(C(=O)OCc3ccccc3)c2)C(C)(C)C)c1=O. The summed E-state index contributed by atoms with van der Waals surface area (Å²) in [5.41, 5.74) is -0.759. The average molecular weight is 520 g/mol. The van der Waals surface area contributed by atoms with Crippen LogP contribution in [0.25, 0.3) is 5.69 Å². The Morgan fingerprint density at radius 1 is 0.974 bits per heavy atom. The summed E-state index contributed by atoms with van der Waals surface area (Å²) in [5, 5.41) is 7.41. The highest BCUT2D eigenvalue weighted by Crippen LogP contribution is 2.27. The highest BCUT2D eigenvalue weighted by atomic mass is 19.1. The number of rotatable bonds is 6.